The number of rotatable bonds is 0. The molecule has 1 spiro atoms. The number of carbonyl (C=O) groups excluding carboxylic acids is 1. The van der Waals surface area contributed by atoms with Gasteiger partial charge in [-0.05, 0) is 32.6 Å². The summed E-state index contributed by atoms with van der Waals surface area (Å²) in [5.74, 6) is 3.08. The third kappa shape index (κ3) is 1.59. The molecule has 1 aliphatic heterocycles. The van der Waals surface area contributed by atoms with Gasteiger partial charge in [0.1, 0.15) is 5.78 Å². The predicted molar refractivity (Wildman–Crippen MR) is 71.9 cm³/mol. The highest BCUT2D eigenvalue weighted by atomic mass is 32.2. The number of hydrogen-bond donors (Lipinski definition) is 0. The van der Waals surface area contributed by atoms with Crippen molar-refractivity contribution < 1.29 is 4.79 Å². The quantitative estimate of drug-likeness (QED) is 0.614. The minimum absolute atomic E-state index is 0.0901. The molecule has 1 heterocycles. The van der Waals surface area contributed by atoms with Crippen molar-refractivity contribution in [1.82, 2.24) is 0 Å². The molecule has 1 atom stereocenters. The van der Waals surface area contributed by atoms with Crippen molar-refractivity contribution in [1.29, 1.82) is 0 Å². The third-order valence-electron chi connectivity index (χ3n) is 4.37. The van der Waals surface area contributed by atoms with Crippen molar-refractivity contribution >= 4 is 29.3 Å². The van der Waals surface area contributed by atoms with E-state index in [0.717, 1.165) is 25.7 Å². The van der Waals surface area contributed by atoms with Gasteiger partial charge in [-0.15, -0.1) is 23.5 Å². The lowest BCUT2D eigenvalue weighted by Crippen LogP contribution is -2.41. The molecular weight excluding hydrogens is 236 g/mol. The average Bonchev–Trinajstić information content (AvgIpc) is 2.71. The summed E-state index contributed by atoms with van der Waals surface area (Å²) in [7, 11) is 0. The molecule has 1 saturated carbocycles. The number of hydrogen-bond acceptors (Lipinski definition) is 3. The normalized spacial score (nSPS) is 37.3. The molecule has 0 aromatic carbocycles. The maximum atomic E-state index is 12.1. The van der Waals surface area contributed by atoms with Crippen molar-refractivity contribution in [3.63, 3.8) is 0 Å². The lowest BCUT2D eigenvalue weighted by Gasteiger charge is -2.45. The van der Waals surface area contributed by atoms with Gasteiger partial charge in [0, 0.05) is 23.3 Å². The Balaban J connectivity index is 1.90. The summed E-state index contributed by atoms with van der Waals surface area (Å²) in [5, 5.41) is 0. The van der Waals surface area contributed by atoms with E-state index in [1.165, 1.54) is 23.5 Å². The molecule has 0 aromatic heterocycles. The van der Waals surface area contributed by atoms with Crippen LogP contribution in [0.3, 0.4) is 0 Å². The van der Waals surface area contributed by atoms with Gasteiger partial charge >= 0.3 is 0 Å². The summed E-state index contributed by atoms with van der Waals surface area (Å²) in [4.78, 5) is 12.1. The monoisotopic (exact) mass is 254 g/mol. The van der Waals surface area contributed by atoms with E-state index in [0.29, 0.717) is 9.86 Å². The first-order valence-corrected chi connectivity index (χ1v) is 8.13. The van der Waals surface area contributed by atoms with E-state index in [1.807, 2.05) is 0 Å². The largest absolute Gasteiger partial charge is 0.299 e. The highest BCUT2D eigenvalue weighted by Gasteiger charge is 2.49. The summed E-state index contributed by atoms with van der Waals surface area (Å²) in [6.07, 6.45) is 7.58. The second-order valence-corrected chi connectivity index (χ2v) is 8.52. The predicted octanol–water partition coefficient (Wildman–Crippen LogP) is 3.64. The number of fused-ring (bicyclic) bond motifs is 1. The lowest BCUT2D eigenvalue weighted by molar-refractivity contribution is -0.127. The van der Waals surface area contributed by atoms with Crippen LogP contribution < -0.4 is 0 Å². The van der Waals surface area contributed by atoms with Crippen LogP contribution in [0.1, 0.15) is 39.0 Å². The molecule has 0 bridgehead atoms. The zero-order valence-corrected chi connectivity index (χ0v) is 11.4. The fourth-order valence-corrected chi connectivity index (χ4v) is 6.44. The second-order valence-electron chi connectivity index (χ2n) is 5.31. The van der Waals surface area contributed by atoms with Crippen LogP contribution in [-0.4, -0.2) is 21.4 Å². The molecule has 0 radical (unpaired) electrons. The highest BCUT2D eigenvalue weighted by Crippen LogP contribution is 2.59. The van der Waals surface area contributed by atoms with Crippen molar-refractivity contribution in [3.05, 3.63) is 11.6 Å². The minimum Gasteiger partial charge on any atom is -0.299 e. The van der Waals surface area contributed by atoms with Crippen molar-refractivity contribution in [2.45, 2.75) is 43.1 Å². The van der Waals surface area contributed by atoms with E-state index in [2.05, 4.69) is 36.5 Å². The average molecular weight is 254 g/mol. The van der Waals surface area contributed by atoms with E-state index in [-0.39, 0.29) is 5.41 Å². The van der Waals surface area contributed by atoms with E-state index in [4.69, 9.17) is 0 Å². The molecule has 0 aromatic rings. The second kappa shape index (κ2) is 3.81. The molecule has 2 aliphatic carbocycles. The van der Waals surface area contributed by atoms with Crippen LogP contribution in [-0.2, 0) is 4.79 Å². The Morgan fingerprint density at radius 2 is 2.00 bits per heavy atom. The molecule has 3 heteroatoms. The van der Waals surface area contributed by atoms with E-state index >= 15 is 0 Å². The van der Waals surface area contributed by atoms with Crippen molar-refractivity contribution in [2.75, 3.05) is 11.5 Å². The number of thioether (sulfide) groups is 2. The zero-order valence-electron chi connectivity index (χ0n) is 9.75. The van der Waals surface area contributed by atoms with Crippen LogP contribution in [0.5, 0.6) is 0 Å². The fourth-order valence-electron chi connectivity index (χ4n) is 3.19. The molecule has 16 heavy (non-hydrogen) atoms. The number of Topliss-reactive ketones (excluding diaryl/α,β-unsaturated/α-hetero) is 1. The Kier molecular flexibility index (Phi) is 2.67. The summed E-state index contributed by atoms with van der Waals surface area (Å²) in [6.45, 7) is 2.18. The third-order valence-corrected chi connectivity index (χ3v) is 7.90. The topological polar surface area (TPSA) is 17.1 Å². The highest BCUT2D eigenvalue weighted by molar-refractivity contribution is 8.21. The van der Waals surface area contributed by atoms with Crippen LogP contribution in [0.4, 0.5) is 0 Å². The number of ketones is 1. The first-order valence-electron chi connectivity index (χ1n) is 6.15. The zero-order chi connectivity index (χ0) is 11.2. The molecule has 1 saturated heterocycles. The maximum absolute atomic E-state index is 12.1. The van der Waals surface area contributed by atoms with Gasteiger partial charge in [0.05, 0.1) is 4.08 Å². The lowest BCUT2D eigenvalue weighted by atomic mass is 9.65. The first-order chi connectivity index (χ1) is 7.65. The van der Waals surface area contributed by atoms with E-state index in [9.17, 15) is 4.79 Å². The van der Waals surface area contributed by atoms with Gasteiger partial charge in [-0.3, -0.25) is 4.79 Å². The summed E-state index contributed by atoms with van der Waals surface area (Å²) in [6, 6.07) is 0. The van der Waals surface area contributed by atoms with Gasteiger partial charge in [0.25, 0.3) is 0 Å². The molecule has 0 N–H and O–H groups in total. The van der Waals surface area contributed by atoms with Crippen LogP contribution in [0, 0.1) is 5.41 Å². The Hall–Kier alpha value is 0.110. The number of allylic oxidation sites excluding steroid dienone is 2. The van der Waals surface area contributed by atoms with Gasteiger partial charge in [-0.2, -0.15) is 0 Å². The van der Waals surface area contributed by atoms with Gasteiger partial charge in [-0.1, -0.05) is 11.6 Å². The van der Waals surface area contributed by atoms with Gasteiger partial charge in [0.2, 0.25) is 0 Å². The maximum Gasteiger partial charge on any atom is 0.143 e. The van der Waals surface area contributed by atoms with Crippen molar-refractivity contribution in [3.8, 4) is 0 Å². The molecule has 3 aliphatic rings. The standard InChI is InChI=1S/C13H18OS2/c1-12-5-6-13(15-7-8-16-13)9-10(12)3-2-4-11(12)14/h3H,2,4-9H2,1H3. The molecule has 2 fully saturated rings. The molecule has 3 rings (SSSR count). The summed E-state index contributed by atoms with van der Waals surface area (Å²) >= 11 is 4.26. The smallest absolute Gasteiger partial charge is 0.143 e. The van der Waals surface area contributed by atoms with Crippen molar-refractivity contribution in [2.24, 2.45) is 5.41 Å². The van der Waals surface area contributed by atoms with E-state index in [1.54, 1.807) is 0 Å². The molecule has 88 valence electrons. The van der Waals surface area contributed by atoms with Gasteiger partial charge in [-0.25, -0.2) is 0 Å². The Bertz CT molecular complexity index is 355. The molecular formula is C13H18OS2. The fraction of sp³-hybridized carbons (Fsp3) is 0.769. The summed E-state index contributed by atoms with van der Waals surface area (Å²) < 4.78 is 0.433. The minimum atomic E-state index is -0.0901. The Morgan fingerprint density at radius 1 is 1.25 bits per heavy atom. The van der Waals surface area contributed by atoms with E-state index < -0.39 is 0 Å². The first kappa shape index (κ1) is 11.2. The molecule has 1 unspecified atom stereocenters. The number of carbonyl (C=O) groups is 1. The Labute approximate surface area is 106 Å². The summed E-state index contributed by atoms with van der Waals surface area (Å²) in [5.41, 5.74) is 1.37. The van der Waals surface area contributed by atoms with Crippen LogP contribution in [0.25, 0.3) is 0 Å². The van der Waals surface area contributed by atoms with Gasteiger partial charge < -0.3 is 0 Å². The Morgan fingerprint density at radius 3 is 2.75 bits per heavy atom. The van der Waals surface area contributed by atoms with Crippen LogP contribution >= 0.6 is 23.5 Å². The van der Waals surface area contributed by atoms with Crippen LogP contribution in [0.2, 0.25) is 0 Å². The molecule has 1 nitrogen and oxygen atoms in total. The molecule has 0 amide bonds. The SMILES string of the molecule is CC12CCC3(CC1=CCCC2=O)SCCS3. The van der Waals surface area contributed by atoms with Crippen LogP contribution in [0.15, 0.2) is 11.6 Å². The van der Waals surface area contributed by atoms with Gasteiger partial charge in [0.15, 0.2) is 0 Å².